The number of amides is 1. The van der Waals surface area contributed by atoms with E-state index in [1.54, 1.807) is 16.8 Å². The SMILES string of the molecule is Cc1cnc(CNC(=O)c2c(=O)c3cc(F)c(N4CCCNCC4)nc3n3c2sc2ccccc23)cn1. The summed E-state index contributed by atoms with van der Waals surface area (Å²) >= 11 is 1.34. The van der Waals surface area contributed by atoms with Crippen LogP contribution in [0.2, 0.25) is 0 Å². The van der Waals surface area contributed by atoms with Crippen LogP contribution in [0.1, 0.15) is 28.2 Å². The Balaban J connectivity index is 1.53. The first-order valence-electron chi connectivity index (χ1n) is 12.1. The van der Waals surface area contributed by atoms with E-state index in [4.69, 9.17) is 4.98 Å². The van der Waals surface area contributed by atoms with Crippen molar-refractivity contribution in [3.8, 4) is 0 Å². The normalized spacial score (nSPS) is 14.4. The summed E-state index contributed by atoms with van der Waals surface area (Å²) in [6.07, 6.45) is 4.06. The van der Waals surface area contributed by atoms with Crippen LogP contribution in [0.15, 0.2) is 47.5 Å². The van der Waals surface area contributed by atoms with E-state index in [1.165, 1.54) is 17.4 Å². The van der Waals surface area contributed by atoms with Crippen molar-refractivity contribution in [3.05, 3.63) is 75.7 Å². The van der Waals surface area contributed by atoms with Crippen LogP contribution in [0.3, 0.4) is 0 Å². The highest BCUT2D eigenvalue weighted by Crippen LogP contribution is 2.32. The van der Waals surface area contributed by atoms with Crippen molar-refractivity contribution in [3.63, 3.8) is 0 Å². The van der Waals surface area contributed by atoms with Crippen LogP contribution < -0.4 is 21.0 Å². The van der Waals surface area contributed by atoms with Gasteiger partial charge in [0.05, 0.1) is 39.7 Å². The van der Waals surface area contributed by atoms with Crippen LogP contribution in [0.4, 0.5) is 10.2 Å². The van der Waals surface area contributed by atoms with Gasteiger partial charge < -0.3 is 15.5 Å². The Morgan fingerprint density at radius 3 is 2.89 bits per heavy atom. The molecule has 1 fully saturated rings. The van der Waals surface area contributed by atoms with Crippen molar-refractivity contribution in [1.82, 2.24) is 30.0 Å². The number of nitrogens with one attached hydrogen (secondary N) is 2. The van der Waals surface area contributed by atoms with Crippen molar-refractivity contribution in [1.29, 1.82) is 0 Å². The second kappa shape index (κ2) is 9.49. The van der Waals surface area contributed by atoms with E-state index in [0.717, 1.165) is 35.4 Å². The van der Waals surface area contributed by atoms with Gasteiger partial charge in [0.15, 0.2) is 17.3 Å². The molecular weight excluding hydrogens is 493 g/mol. The number of anilines is 1. The van der Waals surface area contributed by atoms with Gasteiger partial charge in [-0.25, -0.2) is 9.37 Å². The van der Waals surface area contributed by atoms with E-state index in [9.17, 15) is 9.59 Å². The lowest BCUT2D eigenvalue weighted by Gasteiger charge is -2.22. The third-order valence-electron chi connectivity index (χ3n) is 6.48. The summed E-state index contributed by atoms with van der Waals surface area (Å²) in [5, 5.41) is 6.16. The summed E-state index contributed by atoms with van der Waals surface area (Å²) in [5.41, 5.74) is 1.88. The first-order valence-corrected chi connectivity index (χ1v) is 12.9. The summed E-state index contributed by atoms with van der Waals surface area (Å²) in [6.45, 7) is 4.78. The molecule has 0 spiro atoms. The number of pyridine rings is 2. The van der Waals surface area contributed by atoms with Crippen molar-refractivity contribution in [2.45, 2.75) is 19.9 Å². The number of carbonyl (C=O) groups is 1. The topological polar surface area (TPSA) is 105 Å². The fraction of sp³-hybridized carbons (Fsp3) is 0.269. The molecule has 1 amide bonds. The zero-order chi connectivity index (χ0) is 25.5. The third-order valence-corrected chi connectivity index (χ3v) is 7.63. The Morgan fingerprint density at radius 1 is 1.19 bits per heavy atom. The van der Waals surface area contributed by atoms with Crippen LogP contribution in [0.25, 0.3) is 26.1 Å². The fourth-order valence-corrected chi connectivity index (χ4v) is 5.83. The molecule has 0 bridgehead atoms. The number of nitrogens with zero attached hydrogens (tertiary/aromatic N) is 5. The van der Waals surface area contributed by atoms with E-state index in [1.807, 2.05) is 36.1 Å². The molecule has 5 aromatic rings. The first-order chi connectivity index (χ1) is 18.0. The summed E-state index contributed by atoms with van der Waals surface area (Å²) in [5.74, 6) is -0.913. The second-order valence-corrected chi connectivity index (χ2v) is 10.0. The predicted octanol–water partition coefficient (Wildman–Crippen LogP) is 3.03. The van der Waals surface area contributed by atoms with E-state index in [2.05, 4.69) is 20.6 Å². The van der Waals surface area contributed by atoms with E-state index < -0.39 is 17.2 Å². The number of halogens is 1. The molecule has 0 unspecified atom stereocenters. The van der Waals surface area contributed by atoms with Gasteiger partial charge in [-0.1, -0.05) is 12.1 Å². The summed E-state index contributed by atoms with van der Waals surface area (Å²) in [7, 11) is 0. The maximum Gasteiger partial charge on any atom is 0.258 e. The number of rotatable bonds is 4. The molecule has 1 aliphatic heterocycles. The molecule has 1 saturated heterocycles. The Morgan fingerprint density at radius 2 is 2.05 bits per heavy atom. The van der Waals surface area contributed by atoms with Crippen molar-refractivity contribution < 1.29 is 9.18 Å². The quantitative estimate of drug-likeness (QED) is 0.378. The van der Waals surface area contributed by atoms with Crippen LogP contribution in [-0.2, 0) is 6.54 Å². The lowest BCUT2D eigenvalue weighted by molar-refractivity contribution is 0.0951. The molecule has 5 heterocycles. The van der Waals surface area contributed by atoms with Gasteiger partial charge in [0.2, 0.25) is 5.43 Å². The molecule has 0 atom stereocenters. The highest BCUT2D eigenvalue weighted by molar-refractivity contribution is 7.24. The van der Waals surface area contributed by atoms with Gasteiger partial charge in [-0.2, -0.15) is 0 Å². The predicted molar refractivity (Wildman–Crippen MR) is 142 cm³/mol. The molecule has 11 heteroatoms. The molecule has 0 radical (unpaired) electrons. The highest BCUT2D eigenvalue weighted by Gasteiger charge is 2.25. The Bertz CT molecular complexity index is 1710. The average Bonchev–Trinajstić information content (AvgIpc) is 3.07. The van der Waals surface area contributed by atoms with Gasteiger partial charge >= 0.3 is 0 Å². The van der Waals surface area contributed by atoms with Crippen LogP contribution in [0.5, 0.6) is 0 Å². The average molecular weight is 518 g/mol. The van der Waals surface area contributed by atoms with Crippen molar-refractivity contribution in [2.75, 3.05) is 31.1 Å². The summed E-state index contributed by atoms with van der Waals surface area (Å²) in [4.78, 5) is 42.6. The maximum atomic E-state index is 15.4. The van der Waals surface area contributed by atoms with Gasteiger partial charge in [0.25, 0.3) is 5.91 Å². The Labute approximate surface area is 215 Å². The number of para-hydroxylation sites is 1. The third kappa shape index (κ3) is 4.19. The molecule has 0 saturated carbocycles. The Kier molecular flexibility index (Phi) is 6.01. The minimum Gasteiger partial charge on any atom is -0.353 e. The lowest BCUT2D eigenvalue weighted by Crippen LogP contribution is -2.31. The second-order valence-electron chi connectivity index (χ2n) is 9.00. The van der Waals surface area contributed by atoms with E-state index in [0.29, 0.717) is 29.3 Å². The molecular formula is C26H24FN7O2S. The largest absolute Gasteiger partial charge is 0.353 e. The zero-order valence-corrected chi connectivity index (χ0v) is 20.9. The molecule has 188 valence electrons. The zero-order valence-electron chi connectivity index (χ0n) is 20.1. The number of fused-ring (bicyclic) bond motifs is 5. The standard InChI is InChI=1S/C26H24FN7O2S/c1-15-12-30-16(13-29-15)14-31-25(36)21-22(35)17-11-18(27)24(33-9-4-7-28-8-10-33)32-23(17)34-19-5-2-3-6-20(19)37-26(21)34/h2-3,5-6,11-13,28H,4,7-10,14H2,1H3,(H,31,36). The molecule has 37 heavy (non-hydrogen) atoms. The number of aromatic nitrogens is 4. The number of hydrogen-bond acceptors (Lipinski definition) is 8. The molecule has 9 nitrogen and oxygen atoms in total. The lowest BCUT2D eigenvalue weighted by atomic mass is 10.1. The molecule has 2 N–H and O–H groups in total. The van der Waals surface area contributed by atoms with Crippen LogP contribution in [-0.4, -0.2) is 51.4 Å². The molecule has 0 aliphatic carbocycles. The molecule has 4 aromatic heterocycles. The van der Waals surface area contributed by atoms with Gasteiger partial charge in [0.1, 0.15) is 10.4 Å². The number of carbonyl (C=O) groups excluding carboxylic acids is 1. The van der Waals surface area contributed by atoms with Crippen LogP contribution >= 0.6 is 11.3 Å². The number of thiazole rings is 1. The van der Waals surface area contributed by atoms with Crippen LogP contribution in [0, 0.1) is 12.7 Å². The smallest absolute Gasteiger partial charge is 0.258 e. The fourth-order valence-electron chi connectivity index (χ4n) is 4.65. The van der Waals surface area contributed by atoms with E-state index >= 15 is 4.39 Å². The molecule has 1 aliphatic rings. The Hall–Kier alpha value is -3.96. The first kappa shape index (κ1) is 23.4. The number of aryl methyl sites for hydroxylation is 1. The van der Waals surface area contributed by atoms with Gasteiger partial charge in [-0.05, 0) is 38.1 Å². The summed E-state index contributed by atoms with van der Waals surface area (Å²) in [6, 6.07) is 8.85. The minimum absolute atomic E-state index is 0.0401. The van der Waals surface area contributed by atoms with Crippen molar-refractivity contribution in [2.24, 2.45) is 0 Å². The number of benzene rings is 1. The monoisotopic (exact) mass is 517 g/mol. The number of hydrogen-bond donors (Lipinski definition) is 2. The summed E-state index contributed by atoms with van der Waals surface area (Å²) < 4.78 is 18.1. The highest BCUT2D eigenvalue weighted by atomic mass is 32.1. The van der Waals surface area contributed by atoms with Gasteiger partial charge in [-0.3, -0.25) is 24.0 Å². The van der Waals surface area contributed by atoms with Gasteiger partial charge in [-0.15, -0.1) is 11.3 Å². The minimum atomic E-state index is -0.577. The van der Waals surface area contributed by atoms with Gasteiger partial charge in [0, 0.05) is 25.8 Å². The van der Waals surface area contributed by atoms with Crippen molar-refractivity contribution >= 4 is 49.1 Å². The molecule has 1 aromatic carbocycles. The van der Waals surface area contributed by atoms with E-state index in [-0.39, 0.29) is 23.3 Å². The maximum absolute atomic E-state index is 15.4. The molecule has 6 rings (SSSR count).